The number of nitrogens with zero attached hydrogens (tertiary/aromatic N) is 4. The van der Waals surface area contributed by atoms with Gasteiger partial charge in [0.15, 0.2) is 5.75 Å². The summed E-state index contributed by atoms with van der Waals surface area (Å²) in [6, 6.07) is 8.08. The molecule has 0 amide bonds. The Kier molecular flexibility index (Phi) is 5.03. The second-order valence-electron chi connectivity index (χ2n) is 5.39. The van der Waals surface area contributed by atoms with Crippen LogP contribution in [0.2, 0.25) is 0 Å². The van der Waals surface area contributed by atoms with Gasteiger partial charge in [0.1, 0.15) is 18.0 Å². The van der Waals surface area contributed by atoms with E-state index in [-0.39, 0.29) is 6.54 Å². The molecule has 1 heterocycles. The van der Waals surface area contributed by atoms with E-state index in [0.717, 1.165) is 41.1 Å². The molecule has 0 saturated carbocycles. The summed E-state index contributed by atoms with van der Waals surface area (Å²) in [6.07, 6.45) is 1.47. The van der Waals surface area contributed by atoms with E-state index in [1.165, 1.54) is 0 Å². The SMILES string of the molecule is CCc1nn(CC#N)c(CC)c1Oc1cc(C)c(C#N)c(C)c1. The van der Waals surface area contributed by atoms with Gasteiger partial charge < -0.3 is 4.74 Å². The summed E-state index contributed by atoms with van der Waals surface area (Å²) in [5.41, 5.74) is 4.23. The number of hydrogen-bond donors (Lipinski definition) is 0. The number of hydrogen-bond acceptors (Lipinski definition) is 4. The summed E-state index contributed by atoms with van der Waals surface area (Å²) in [5.74, 6) is 1.42. The smallest absolute Gasteiger partial charge is 0.171 e. The molecule has 118 valence electrons. The van der Waals surface area contributed by atoms with Gasteiger partial charge in [-0.05, 0) is 49.9 Å². The van der Waals surface area contributed by atoms with Crippen molar-refractivity contribution in [3.8, 4) is 23.6 Å². The highest BCUT2D eigenvalue weighted by Crippen LogP contribution is 2.32. The molecule has 0 fully saturated rings. The molecule has 0 aliphatic rings. The second-order valence-corrected chi connectivity index (χ2v) is 5.39. The van der Waals surface area contributed by atoms with E-state index in [1.807, 2.05) is 39.8 Å². The molecule has 5 nitrogen and oxygen atoms in total. The number of aromatic nitrogens is 2. The maximum absolute atomic E-state index is 9.17. The van der Waals surface area contributed by atoms with E-state index >= 15 is 0 Å². The van der Waals surface area contributed by atoms with Gasteiger partial charge in [-0.2, -0.15) is 15.6 Å². The third-order valence-electron chi connectivity index (χ3n) is 3.81. The lowest BCUT2D eigenvalue weighted by Gasteiger charge is -2.11. The fourth-order valence-electron chi connectivity index (χ4n) is 2.70. The van der Waals surface area contributed by atoms with Crippen molar-refractivity contribution in [2.24, 2.45) is 0 Å². The zero-order chi connectivity index (χ0) is 17.0. The van der Waals surface area contributed by atoms with Crippen LogP contribution < -0.4 is 4.74 Å². The minimum atomic E-state index is 0.213. The summed E-state index contributed by atoms with van der Waals surface area (Å²) in [7, 11) is 0. The predicted molar refractivity (Wildman–Crippen MR) is 87.3 cm³/mol. The Morgan fingerprint density at radius 3 is 2.26 bits per heavy atom. The maximum Gasteiger partial charge on any atom is 0.171 e. The van der Waals surface area contributed by atoms with Crippen molar-refractivity contribution >= 4 is 0 Å². The Morgan fingerprint density at radius 2 is 1.78 bits per heavy atom. The molecule has 2 rings (SSSR count). The minimum absolute atomic E-state index is 0.213. The number of ether oxygens (including phenoxy) is 1. The topological polar surface area (TPSA) is 74.6 Å². The molecule has 0 saturated heterocycles. The highest BCUT2D eigenvalue weighted by atomic mass is 16.5. The minimum Gasteiger partial charge on any atom is -0.453 e. The number of benzene rings is 1. The van der Waals surface area contributed by atoms with Crippen molar-refractivity contribution in [3.05, 3.63) is 40.2 Å². The third-order valence-corrected chi connectivity index (χ3v) is 3.81. The van der Waals surface area contributed by atoms with Gasteiger partial charge in [-0.15, -0.1) is 0 Å². The van der Waals surface area contributed by atoms with Crippen LogP contribution in [0.15, 0.2) is 12.1 Å². The van der Waals surface area contributed by atoms with Crippen LogP contribution >= 0.6 is 0 Å². The quantitative estimate of drug-likeness (QED) is 0.841. The Morgan fingerprint density at radius 1 is 1.13 bits per heavy atom. The molecule has 2 aromatic rings. The lowest BCUT2D eigenvalue weighted by molar-refractivity contribution is 0.468. The predicted octanol–water partition coefficient (Wildman–Crippen LogP) is 3.81. The third kappa shape index (κ3) is 3.19. The van der Waals surface area contributed by atoms with Crippen LogP contribution in [-0.4, -0.2) is 9.78 Å². The Bertz CT molecular complexity index is 783. The van der Waals surface area contributed by atoms with Gasteiger partial charge in [0.05, 0.1) is 23.4 Å². The van der Waals surface area contributed by atoms with E-state index in [4.69, 9.17) is 10.00 Å². The Labute approximate surface area is 136 Å². The summed E-state index contributed by atoms with van der Waals surface area (Å²) < 4.78 is 7.81. The van der Waals surface area contributed by atoms with Gasteiger partial charge in [0, 0.05) is 0 Å². The molecule has 0 N–H and O–H groups in total. The first kappa shape index (κ1) is 16.6. The zero-order valence-corrected chi connectivity index (χ0v) is 14.0. The van der Waals surface area contributed by atoms with E-state index in [1.54, 1.807) is 4.68 Å². The van der Waals surface area contributed by atoms with E-state index in [9.17, 15) is 5.26 Å². The molecule has 5 heteroatoms. The van der Waals surface area contributed by atoms with Crippen molar-refractivity contribution in [3.63, 3.8) is 0 Å². The molecule has 0 spiro atoms. The van der Waals surface area contributed by atoms with Crippen LogP contribution in [0.25, 0.3) is 0 Å². The number of rotatable bonds is 5. The van der Waals surface area contributed by atoms with E-state index in [2.05, 4.69) is 17.2 Å². The molecule has 23 heavy (non-hydrogen) atoms. The molecule has 0 unspecified atom stereocenters. The summed E-state index contributed by atoms with van der Waals surface area (Å²) in [4.78, 5) is 0. The summed E-state index contributed by atoms with van der Waals surface area (Å²) in [5, 5.41) is 22.6. The standard InChI is InChI=1S/C18H20N4O/c1-5-16-18(17(6-2)22(21-16)8-7-19)23-14-9-12(3)15(11-20)13(4)10-14/h9-10H,5-6,8H2,1-4H3. The zero-order valence-electron chi connectivity index (χ0n) is 14.0. The van der Waals surface area contributed by atoms with Crippen LogP contribution in [0.4, 0.5) is 0 Å². The van der Waals surface area contributed by atoms with Crippen LogP contribution in [0.1, 0.15) is 41.9 Å². The van der Waals surface area contributed by atoms with Crippen molar-refractivity contribution in [1.29, 1.82) is 10.5 Å². The highest BCUT2D eigenvalue weighted by Gasteiger charge is 2.18. The van der Waals surface area contributed by atoms with Crippen LogP contribution in [-0.2, 0) is 19.4 Å². The van der Waals surface area contributed by atoms with Crippen molar-refractivity contribution in [1.82, 2.24) is 9.78 Å². The fraction of sp³-hybridized carbons (Fsp3) is 0.389. The summed E-state index contributed by atoms with van der Waals surface area (Å²) >= 11 is 0. The fourth-order valence-corrected chi connectivity index (χ4v) is 2.70. The van der Waals surface area contributed by atoms with Crippen LogP contribution in [0.5, 0.6) is 11.5 Å². The Hall–Kier alpha value is -2.79. The first-order chi connectivity index (χ1) is 11.0. The molecule has 0 aliphatic carbocycles. The summed E-state index contributed by atoms with van der Waals surface area (Å²) in [6.45, 7) is 8.05. The van der Waals surface area contributed by atoms with Crippen LogP contribution in [0.3, 0.4) is 0 Å². The first-order valence-electron chi connectivity index (χ1n) is 7.70. The van der Waals surface area contributed by atoms with Crippen molar-refractivity contribution in [2.45, 2.75) is 47.1 Å². The van der Waals surface area contributed by atoms with Crippen molar-refractivity contribution < 1.29 is 4.74 Å². The largest absolute Gasteiger partial charge is 0.453 e. The molecule has 0 aliphatic heterocycles. The molecule has 0 atom stereocenters. The molecular formula is C18H20N4O. The van der Waals surface area contributed by atoms with E-state index in [0.29, 0.717) is 11.3 Å². The molecule has 0 radical (unpaired) electrons. The van der Waals surface area contributed by atoms with Gasteiger partial charge in [-0.1, -0.05) is 13.8 Å². The molecule has 1 aromatic carbocycles. The second kappa shape index (κ2) is 6.98. The maximum atomic E-state index is 9.17. The van der Waals surface area contributed by atoms with Crippen LogP contribution in [0, 0.1) is 36.5 Å². The van der Waals surface area contributed by atoms with Crippen molar-refractivity contribution in [2.75, 3.05) is 0 Å². The normalized spacial score (nSPS) is 10.2. The number of aryl methyl sites for hydroxylation is 3. The molecule has 1 aromatic heterocycles. The lowest BCUT2D eigenvalue weighted by Crippen LogP contribution is -2.03. The average Bonchev–Trinajstić information content (AvgIpc) is 2.84. The molecular weight excluding hydrogens is 288 g/mol. The van der Waals surface area contributed by atoms with Gasteiger partial charge in [-0.3, -0.25) is 4.68 Å². The van der Waals surface area contributed by atoms with E-state index < -0.39 is 0 Å². The lowest BCUT2D eigenvalue weighted by atomic mass is 10.0. The highest BCUT2D eigenvalue weighted by molar-refractivity contribution is 5.49. The number of nitriles is 2. The Balaban J connectivity index is 2.48. The van der Waals surface area contributed by atoms with Gasteiger partial charge in [0.25, 0.3) is 0 Å². The monoisotopic (exact) mass is 308 g/mol. The average molecular weight is 308 g/mol. The van der Waals surface area contributed by atoms with Gasteiger partial charge in [0.2, 0.25) is 0 Å². The molecule has 0 bridgehead atoms. The van der Waals surface area contributed by atoms with Gasteiger partial charge in [-0.25, -0.2) is 0 Å². The first-order valence-corrected chi connectivity index (χ1v) is 7.70. The van der Waals surface area contributed by atoms with Gasteiger partial charge >= 0.3 is 0 Å².